The summed E-state index contributed by atoms with van der Waals surface area (Å²) in [5, 5.41) is 0.994. The van der Waals surface area contributed by atoms with Crippen molar-refractivity contribution in [3.8, 4) is 0 Å². The van der Waals surface area contributed by atoms with E-state index in [1.807, 2.05) is 0 Å². The lowest BCUT2D eigenvalue weighted by Crippen LogP contribution is -2.13. The van der Waals surface area contributed by atoms with Crippen molar-refractivity contribution in [2.24, 2.45) is 11.8 Å². The maximum absolute atomic E-state index is 10.8. The molecule has 2 saturated carbocycles. The molecule has 0 aromatic carbocycles. The number of hydrogen-bond acceptors (Lipinski definition) is 2. The van der Waals surface area contributed by atoms with Gasteiger partial charge in [-0.3, -0.25) is 4.79 Å². The lowest BCUT2D eigenvalue weighted by molar-refractivity contribution is -0.109. The van der Waals surface area contributed by atoms with Crippen molar-refractivity contribution >= 4 is 16.9 Å². The Morgan fingerprint density at radius 2 is 2.18 bits per heavy atom. The van der Waals surface area contributed by atoms with Crippen LogP contribution in [0.2, 0.25) is 0 Å². The zero-order valence-corrected chi connectivity index (χ0v) is 7.69. The third-order valence-corrected chi connectivity index (χ3v) is 4.20. The quantitative estimate of drug-likeness (QED) is 0.601. The zero-order valence-electron chi connectivity index (χ0n) is 6.88. The highest BCUT2D eigenvalue weighted by molar-refractivity contribution is 8.14. The number of carbonyl (C=O) groups is 1. The molecule has 0 amide bonds. The van der Waals surface area contributed by atoms with Crippen molar-refractivity contribution in [1.29, 1.82) is 0 Å². The van der Waals surface area contributed by atoms with E-state index < -0.39 is 0 Å². The Kier molecular flexibility index (Phi) is 1.96. The smallest absolute Gasteiger partial charge is 0.186 e. The van der Waals surface area contributed by atoms with E-state index in [1.165, 1.54) is 25.7 Å². The van der Waals surface area contributed by atoms with Gasteiger partial charge < -0.3 is 0 Å². The van der Waals surface area contributed by atoms with Gasteiger partial charge in [0.05, 0.1) is 0 Å². The van der Waals surface area contributed by atoms with Crippen molar-refractivity contribution in [3.63, 3.8) is 0 Å². The molecule has 0 saturated heterocycles. The second-order valence-electron chi connectivity index (χ2n) is 3.82. The summed E-state index contributed by atoms with van der Waals surface area (Å²) >= 11 is 1.59. The van der Waals surface area contributed by atoms with Gasteiger partial charge in [-0.15, -0.1) is 0 Å². The maximum atomic E-state index is 10.8. The molecule has 2 fully saturated rings. The van der Waals surface area contributed by atoms with Gasteiger partial charge >= 0.3 is 0 Å². The minimum atomic E-state index is 0.308. The van der Waals surface area contributed by atoms with Crippen LogP contribution in [0, 0.1) is 11.8 Å². The second-order valence-corrected chi connectivity index (χ2v) is 5.24. The van der Waals surface area contributed by atoms with Crippen LogP contribution in [-0.4, -0.2) is 10.4 Å². The highest BCUT2D eigenvalue weighted by Crippen LogP contribution is 2.49. The highest BCUT2D eigenvalue weighted by atomic mass is 32.2. The third-order valence-electron chi connectivity index (χ3n) is 2.99. The standard InChI is InChI=1S/C9H14OS/c1-6(10)11-9-5-7-2-3-8(9)4-7/h7-9H,2-5H2,1H3/t7-,8-,9-/m0/s1. The Morgan fingerprint density at radius 3 is 2.64 bits per heavy atom. The van der Waals surface area contributed by atoms with Crippen LogP contribution in [0.3, 0.4) is 0 Å². The van der Waals surface area contributed by atoms with E-state index in [4.69, 9.17) is 0 Å². The van der Waals surface area contributed by atoms with Crippen molar-refractivity contribution < 1.29 is 4.79 Å². The van der Waals surface area contributed by atoms with Gasteiger partial charge in [0, 0.05) is 12.2 Å². The summed E-state index contributed by atoms with van der Waals surface area (Å²) in [6.07, 6.45) is 5.54. The first kappa shape index (κ1) is 7.66. The maximum Gasteiger partial charge on any atom is 0.186 e. The molecular weight excluding hydrogens is 156 g/mol. The van der Waals surface area contributed by atoms with E-state index in [0.717, 1.165) is 11.8 Å². The predicted octanol–water partition coefficient (Wildman–Crippen LogP) is 2.45. The van der Waals surface area contributed by atoms with E-state index in [-0.39, 0.29) is 0 Å². The van der Waals surface area contributed by atoms with Crippen LogP contribution < -0.4 is 0 Å². The van der Waals surface area contributed by atoms with Crippen LogP contribution in [0.4, 0.5) is 0 Å². The summed E-state index contributed by atoms with van der Waals surface area (Å²) in [4.78, 5) is 10.8. The monoisotopic (exact) mass is 170 g/mol. The Bertz CT molecular complexity index is 178. The molecule has 0 aromatic heterocycles. The number of hydrogen-bond donors (Lipinski definition) is 0. The second kappa shape index (κ2) is 2.81. The Balaban J connectivity index is 1.92. The molecule has 0 unspecified atom stereocenters. The van der Waals surface area contributed by atoms with E-state index in [2.05, 4.69) is 0 Å². The number of thioether (sulfide) groups is 1. The molecule has 2 heteroatoms. The number of fused-ring (bicyclic) bond motifs is 2. The average Bonchev–Trinajstić information content (AvgIpc) is 2.45. The van der Waals surface area contributed by atoms with Gasteiger partial charge in [-0.1, -0.05) is 18.2 Å². The minimum absolute atomic E-state index is 0.308. The molecular formula is C9H14OS. The average molecular weight is 170 g/mol. The zero-order chi connectivity index (χ0) is 7.84. The molecule has 0 spiro atoms. The van der Waals surface area contributed by atoms with Gasteiger partial charge in [0.2, 0.25) is 0 Å². The fraction of sp³-hybridized carbons (Fsp3) is 0.889. The van der Waals surface area contributed by atoms with Gasteiger partial charge in [0.25, 0.3) is 0 Å². The summed E-state index contributed by atoms with van der Waals surface area (Å²) < 4.78 is 0. The van der Waals surface area contributed by atoms with Gasteiger partial charge in [-0.25, -0.2) is 0 Å². The first-order valence-corrected chi connectivity index (χ1v) is 5.31. The van der Waals surface area contributed by atoms with Crippen LogP contribution in [0.15, 0.2) is 0 Å². The van der Waals surface area contributed by atoms with Crippen molar-refractivity contribution in [1.82, 2.24) is 0 Å². The van der Waals surface area contributed by atoms with Crippen LogP contribution >= 0.6 is 11.8 Å². The molecule has 62 valence electrons. The van der Waals surface area contributed by atoms with Gasteiger partial charge in [-0.05, 0) is 31.1 Å². The van der Waals surface area contributed by atoms with Crippen molar-refractivity contribution in [2.75, 3.05) is 0 Å². The van der Waals surface area contributed by atoms with E-state index in [9.17, 15) is 4.79 Å². The molecule has 0 N–H and O–H groups in total. The van der Waals surface area contributed by atoms with E-state index >= 15 is 0 Å². The Labute approximate surface area is 71.9 Å². The van der Waals surface area contributed by atoms with Crippen molar-refractivity contribution in [2.45, 2.75) is 37.9 Å². The number of carbonyl (C=O) groups excluding carboxylic acids is 1. The minimum Gasteiger partial charge on any atom is -0.288 e. The highest BCUT2D eigenvalue weighted by Gasteiger charge is 2.40. The topological polar surface area (TPSA) is 17.1 Å². The molecule has 1 nitrogen and oxygen atoms in total. The molecule has 11 heavy (non-hydrogen) atoms. The molecule has 2 aliphatic rings. The molecule has 2 rings (SSSR count). The fourth-order valence-corrected chi connectivity index (χ4v) is 3.78. The first-order valence-electron chi connectivity index (χ1n) is 4.43. The summed E-state index contributed by atoms with van der Waals surface area (Å²) in [6.45, 7) is 1.69. The van der Waals surface area contributed by atoms with E-state index in [0.29, 0.717) is 10.4 Å². The van der Waals surface area contributed by atoms with Gasteiger partial charge in [-0.2, -0.15) is 0 Å². The molecule has 0 heterocycles. The normalized spacial score (nSPS) is 41.4. The summed E-state index contributed by atoms with van der Waals surface area (Å²) in [6, 6.07) is 0. The Hall–Kier alpha value is 0.0200. The molecule has 0 aromatic rings. The molecule has 3 atom stereocenters. The molecule has 0 radical (unpaired) electrons. The lowest BCUT2D eigenvalue weighted by atomic mass is 10.0. The van der Waals surface area contributed by atoms with E-state index in [1.54, 1.807) is 18.7 Å². The molecule has 2 aliphatic carbocycles. The van der Waals surface area contributed by atoms with Crippen molar-refractivity contribution in [3.05, 3.63) is 0 Å². The summed E-state index contributed by atoms with van der Waals surface area (Å²) in [7, 11) is 0. The van der Waals surface area contributed by atoms with Gasteiger partial charge in [0.15, 0.2) is 5.12 Å². The van der Waals surface area contributed by atoms with Crippen LogP contribution in [0.25, 0.3) is 0 Å². The fourth-order valence-electron chi connectivity index (χ4n) is 2.54. The van der Waals surface area contributed by atoms with Gasteiger partial charge in [0.1, 0.15) is 0 Å². The van der Waals surface area contributed by atoms with Crippen LogP contribution in [0.1, 0.15) is 32.6 Å². The Morgan fingerprint density at radius 1 is 1.36 bits per heavy atom. The van der Waals surface area contributed by atoms with Crippen LogP contribution in [-0.2, 0) is 4.79 Å². The SMILES string of the molecule is CC(=O)S[C@H]1C[C@H]2CC[C@H]1C2. The molecule has 2 bridgehead atoms. The molecule has 0 aliphatic heterocycles. The largest absolute Gasteiger partial charge is 0.288 e. The summed E-state index contributed by atoms with van der Waals surface area (Å²) in [5.41, 5.74) is 0. The van der Waals surface area contributed by atoms with Crippen LogP contribution in [0.5, 0.6) is 0 Å². The summed E-state index contributed by atoms with van der Waals surface area (Å²) in [5.74, 6) is 1.85. The lowest BCUT2D eigenvalue weighted by Gasteiger charge is -2.18. The number of rotatable bonds is 1. The predicted molar refractivity (Wildman–Crippen MR) is 47.5 cm³/mol. The third kappa shape index (κ3) is 1.46. The first-order chi connectivity index (χ1) is 5.25.